The molecule has 1 fully saturated rings. The van der Waals surface area contributed by atoms with Crippen molar-refractivity contribution in [3.05, 3.63) is 24.3 Å². The summed E-state index contributed by atoms with van der Waals surface area (Å²) in [6.07, 6.45) is 0.965. The van der Waals surface area contributed by atoms with E-state index in [1.54, 1.807) is 6.07 Å². The minimum atomic E-state index is -0.442. The maximum absolute atomic E-state index is 11.9. The average Bonchev–Trinajstić information content (AvgIpc) is 3.05. The molecule has 108 valence electrons. The molecule has 0 heterocycles. The summed E-state index contributed by atoms with van der Waals surface area (Å²) >= 11 is 0. The zero-order chi connectivity index (χ0) is 14.9. The van der Waals surface area contributed by atoms with Crippen LogP contribution in [0.1, 0.15) is 34.1 Å². The van der Waals surface area contributed by atoms with Crippen LogP contribution in [0.15, 0.2) is 24.3 Å². The lowest BCUT2D eigenvalue weighted by Crippen LogP contribution is -2.27. The van der Waals surface area contributed by atoms with Crippen molar-refractivity contribution >= 4 is 23.2 Å². The highest BCUT2D eigenvalue weighted by Crippen LogP contribution is 2.38. The third-order valence-electron chi connectivity index (χ3n) is 3.52. The third kappa shape index (κ3) is 3.59. The van der Waals surface area contributed by atoms with Crippen molar-refractivity contribution in [1.82, 2.24) is 0 Å². The summed E-state index contributed by atoms with van der Waals surface area (Å²) in [5, 5.41) is 5.76. The zero-order valence-corrected chi connectivity index (χ0v) is 12.5. The first-order valence-electron chi connectivity index (χ1n) is 7.00. The van der Waals surface area contributed by atoms with Gasteiger partial charge in [-0.2, -0.15) is 0 Å². The van der Waals surface area contributed by atoms with Crippen molar-refractivity contribution < 1.29 is 9.59 Å². The SMILES string of the molecule is C[C@@H]1C[C@H]1C(=O)Nc1cccc(NC(=O)C(C)(C)C)c1. The Morgan fingerprint density at radius 2 is 1.70 bits per heavy atom. The van der Waals surface area contributed by atoms with Crippen molar-refractivity contribution in [2.45, 2.75) is 34.1 Å². The van der Waals surface area contributed by atoms with Gasteiger partial charge in [0.15, 0.2) is 0 Å². The predicted octanol–water partition coefficient (Wildman–Crippen LogP) is 3.27. The van der Waals surface area contributed by atoms with E-state index in [1.807, 2.05) is 39.0 Å². The highest BCUT2D eigenvalue weighted by molar-refractivity contribution is 5.97. The van der Waals surface area contributed by atoms with Crippen LogP contribution in [-0.4, -0.2) is 11.8 Å². The molecule has 2 rings (SSSR count). The van der Waals surface area contributed by atoms with E-state index in [2.05, 4.69) is 17.6 Å². The summed E-state index contributed by atoms with van der Waals surface area (Å²) in [6.45, 7) is 7.66. The zero-order valence-electron chi connectivity index (χ0n) is 12.5. The van der Waals surface area contributed by atoms with Crippen LogP contribution in [0.2, 0.25) is 0 Å². The smallest absolute Gasteiger partial charge is 0.229 e. The van der Waals surface area contributed by atoms with Gasteiger partial charge in [-0.1, -0.05) is 33.8 Å². The highest BCUT2D eigenvalue weighted by atomic mass is 16.2. The number of rotatable bonds is 3. The molecule has 0 bridgehead atoms. The molecule has 4 heteroatoms. The molecule has 0 saturated heterocycles. The van der Waals surface area contributed by atoms with Crippen LogP contribution in [0.4, 0.5) is 11.4 Å². The lowest BCUT2D eigenvalue weighted by Gasteiger charge is -2.18. The van der Waals surface area contributed by atoms with E-state index in [0.717, 1.165) is 12.1 Å². The minimum absolute atomic E-state index is 0.0446. The minimum Gasteiger partial charge on any atom is -0.326 e. The van der Waals surface area contributed by atoms with Gasteiger partial charge in [0.25, 0.3) is 0 Å². The summed E-state index contributed by atoms with van der Waals surface area (Å²) < 4.78 is 0. The molecule has 20 heavy (non-hydrogen) atoms. The Bertz CT molecular complexity index is 532. The lowest BCUT2D eigenvalue weighted by molar-refractivity contribution is -0.123. The standard InChI is InChI=1S/C16H22N2O2/c1-10-8-13(10)14(19)17-11-6-5-7-12(9-11)18-15(20)16(2,3)4/h5-7,9-10,13H,8H2,1-4H3,(H,17,19)(H,18,20)/t10-,13-/m1/s1. The third-order valence-corrected chi connectivity index (χ3v) is 3.52. The molecule has 0 unspecified atom stereocenters. The first-order valence-corrected chi connectivity index (χ1v) is 7.00. The maximum Gasteiger partial charge on any atom is 0.229 e. The second kappa shape index (κ2) is 5.27. The Morgan fingerprint density at radius 3 is 2.20 bits per heavy atom. The van der Waals surface area contributed by atoms with E-state index < -0.39 is 5.41 Å². The van der Waals surface area contributed by atoms with Crippen LogP contribution < -0.4 is 10.6 Å². The molecular formula is C16H22N2O2. The van der Waals surface area contributed by atoms with E-state index >= 15 is 0 Å². The van der Waals surface area contributed by atoms with Crippen LogP contribution in [0.3, 0.4) is 0 Å². The van der Waals surface area contributed by atoms with Crippen molar-refractivity contribution in [2.75, 3.05) is 10.6 Å². The molecular weight excluding hydrogens is 252 g/mol. The summed E-state index contributed by atoms with van der Waals surface area (Å²) in [5.74, 6) is 0.648. The fourth-order valence-electron chi connectivity index (χ4n) is 1.92. The average molecular weight is 274 g/mol. The van der Waals surface area contributed by atoms with Crippen LogP contribution in [0.5, 0.6) is 0 Å². The summed E-state index contributed by atoms with van der Waals surface area (Å²) in [7, 11) is 0. The van der Waals surface area contributed by atoms with Gasteiger partial charge in [-0.25, -0.2) is 0 Å². The number of benzene rings is 1. The van der Waals surface area contributed by atoms with Gasteiger partial charge in [0.1, 0.15) is 0 Å². The number of hydrogen-bond acceptors (Lipinski definition) is 2. The largest absolute Gasteiger partial charge is 0.326 e. The van der Waals surface area contributed by atoms with Gasteiger partial charge >= 0.3 is 0 Å². The molecule has 2 amide bonds. The maximum atomic E-state index is 11.9. The van der Waals surface area contributed by atoms with E-state index in [9.17, 15) is 9.59 Å². The van der Waals surface area contributed by atoms with E-state index in [4.69, 9.17) is 0 Å². The van der Waals surface area contributed by atoms with Gasteiger partial charge in [0, 0.05) is 22.7 Å². The molecule has 2 N–H and O–H groups in total. The fraction of sp³-hybridized carbons (Fsp3) is 0.500. The molecule has 0 spiro atoms. The van der Waals surface area contributed by atoms with Crippen LogP contribution in [-0.2, 0) is 9.59 Å². The quantitative estimate of drug-likeness (QED) is 0.888. The van der Waals surface area contributed by atoms with Gasteiger partial charge in [-0.3, -0.25) is 9.59 Å². The van der Waals surface area contributed by atoms with E-state index in [-0.39, 0.29) is 17.7 Å². The molecule has 4 nitrogen and oxygen atoms in total. The molecule has 1 aliphatic carbocycles. The summed E-state index contributed by atoms with van der Waals surface area (Å²) in [6, 6.07) is 7.26. The lowest BCUT2D eigenvalue weighted by atomic mass is 9.95. The molecule has 1 aromatic carbocycles. The number of hydrogen-bond donors (Lipinski definition) is 2. The normalized spacial score (nSPS) is 21.2. The summed E-state index contributed by atoms with van der Waals surface area (Å²) in [4.78, 5) is 23.8. The number of carbonyl (C=O) groups is 2. The van der Waals surface area contributed by atoms with Crippen molar-refractivity contribution in [3.63, 3.8) is 0 Å². The van der Waals surface area contributed by atoms with Crippen molar-refractivity contribution in [2.24, 2.45) is 17.3 Å². The Morgan fingerprint density at radius 1 is 1.15 bits per heavy atom. The van der Waals surface area contributed by atoms with Crippen molar-refractivity contribution in [3.8, 4) is 0 Å². The molecule has 1 aromatic rings. The molecule has 0 aliphatic heterocycles. The van der Waals surface area contributed by atoms with Crippen LogP contribution >= 0.6 is 0 Å². The van der Waals surface area contributed by atoms with Gasteiger partial charge < -0.3 is 10.6 Å². The predicted molar refractivity (Wildman–Crippen MR) is 80.4 cm³/mol. The van der Waals surface area contributed by atoms with Gasteiger partial charge in [0.2, 0.25) is 11.8 Å². The Balaban J connectivity index is 2.01. The molecule has 2 atom stereocenters. The number of nitrogens with one attached hydrogen (secondary N) is 2. The second-order valence-electron chi connectivity index (χ2n) is 6.59. The highest BCUT2D eigenvalue weighted by Gasteiger charge is 2.39. The van der Waals surface area contributed by atoms with Crippen molar-refractivity contribution in [1.29, 1.82) is 0 Å². The number of carbonyl (C=O) groups excluding carboxylic acids is 2. The topological polar surface area (TPSA) is 58.2 Å². The fourth-order valence-corrected chi connectivity index (χ4v) is 1.92. The molecule has 0 aromatic heterocycles. The molecule has 0 radical (unpaired) electrons. The van der Waals surface area contributed by atoms with Gasteiger partial charge in [-0.15, -0.1) is 0 Å². The Labute approximate surface area is 119 Å². The Kier molecular flexibility index (Phi) is 3.84. The molecule has 1 aliphatic rings. The number of amides is 2. The van der Waals surface area contributed by atoms with Gasteiger partial charge in [0.05, 0.1) is 0 Å². The van der Waals surface area contributed by atoms with E-state index in [1.165, 1.54) is 0 Å². The number of anilines is 2. The summed E-state index contributed by atoms with van der Waals surface area (Å²) in [5.41, 5.74) is 0.982. The van der Waals surface area contributed by atoms with Crippen LogP contribution in [0, 0.1) is 17.3 Å². The first-order chi connectivity index (χ1) is 9.27. The van der Waals surface area contributed by atoms with Crippen LogP contribution in [0.25, 0.3) is 0 Å². The second-order valence-corrected chi connectivity index (χ2v) is 6.59. The molecule has 1 saturated carbocycles. The van der Waals surface area contributed by atoms with E-state index in [0.29, 0.717) is 11.6 Å². The first kappa shape index (κ1) is 14.6. The van der Waals surface area contributed by atoms with Gasteiger partial charge in [-0.05, 0) is 30.5 Å². The Hall–Kier alpha value is -1.84. The monoisotopic (exact) mass is 274 g/mol.